The number of nitrogens with one attached hydrogen (secondary N) is 1. The summed E-state index contributed by atoms with van der Waals surface area (Å²) in [7, 11) is 0. The molecule has 0 radical (unpaired) electrons. The van der Waals surface area contributed by atoms with Crippen molar-refractivity contribution < 1.29 is 18.7 Å². The normalized spacial score (nSPS) is 10.8. The summed E-state index contributed by atoms with van der Waals surface area (Å²) in [5.74, 6) is -1.19. The molecule has 0 bridgehead atoms. The Balaban J connectivity index is 2.58. The van der Waals surface area contributed by atoms with Crippen molar-refractivity contribution in [1.29, 1.82) is 0 Å². The minimum absolute atomic E-state index is 0.0591. The first-order valence-corrected chi connectivity index (χ1v) is 6.42. The highest BCUT2D eigenvalue weighted by atomic mass is 35.5. The molecule has 1 aromatic rings. The average molecular weight is 290 g/mol. The van der Waals surface area contributed by atoms with Crippen molar-refractivity contribution in [2.24, 2.45) is 0 Å². The molecule has 0 aliphatic heterocycles. The van der Waals surface area contributed by atoms with Crippen LogP contribution in [0.2, 0.25) is 5.02 Å². The van der Waals surface area contributed by atoms with E-state index in [2.05, 4.69) is 5.32 Å². The van der Waals surface area contributed by atoms with Crippen molar-refractivity contribution in [3.63, 3.8) is 0 Å². The summed E-state index contributed by atoms with van der Waals surface area (Å²) in [4.78, 5) is 11.8. The molecule has 0 aromatic heterocycles. The lowest BCUT2D eigenvalue weighted by molar-refractivity contribution is -0.131. The van der Waals surface area contributed by atoms with Crippen LogP contribution >= 0.6 is 11.6 Å². The Hall–Kier alpha value is -1.17. The topological polar surface area (TPSA) is 47.6 Å². The van der Waals surface area contributed by atoms with Gasteiger partial charge in [0.1, 0.15) is 5.82 Å². The number of carbonyl (C=O) groups is 1. The van der Waals surface area contributed by atoms with E-state index in [9.17, 15) is 9.18 Å². The highest BCUT2D eigenvalue weighted by Gasteiger charge is 2.14. The molecule has 0 unspecified atom stereocenters. The van der Waals surface area contributed by atoms with E-state index in [-0.39, 0.29) is 17.1 Å². The van der Waals surface area contributed by atoms with E-state index >= 15 is 0 Å². The summed E-state index contributed by atoms with van der Waals surface area (Å²) in [5.41, 5.74) is -0.0591. The highest BCUT2D eigenvalue weighted by Crippen LogP contribution is 2.14. The summed E-state index contributed by atoms with van der Waals surface area (Å²) < 4.78 is 24.0. The maximum Gasteiger partial charge on any atom is 0.254 e. The van der Waals surface area contributed by atoms with Crippen LogP contribution in [0.1, 0.15) is 24.2 Å². The van der Waals surface area contributed by atoms with Gasteiger partial charge >= 0.3 is 0 Å². The molecule has 19 heavy (non-hydrogen) atoms. The third-order valence-corrected chi connectivity index (χ3v) is 2.55. The van der Waals surface area contributed by atoms with Gasteiger partial charge in [0.25, 0.3) is 5.91 Å². The van der Waals surface area contributed by atoms with Gasteiger partial charge in [0.2, 0.25) is 0 Å². The zero-order valence-corrected chi connectivity index (χ0v) is 11.7. The van der Waals surface area contributed by atoms with Gasteiger partial charge in [-0.1, -0.05) is 11.6 Å². The van der Waals surface area contributed by atoms with Gasteiger partial charge in [0.15, 0.2) is 6.29 Å². The molecular weight excluding hydrogens is 273 g/mol. The minimum Gasteiger partial charge on any atom is -0.351 e. The van der Waals surface area contributed by atoms with E-state index in [1.54, 1.807) is 0 Å². The molecule has 0 heterocycles. The number of benzene rings is 1. The van der Waals surface area contributed by atoms with Gasteiger partial charge in [-0.15, -0.1) is 0 Å². The van der Waals surface area contributed by atoms with Gasteiger partial charge in [-0.3, -0.25) is 4.79 Å². The predicted octanol–water partition coefficient (Wildman–Crippen LogP) is 2.61. The molecule has 0 spiro atoms. The van der Waals surface area contributed by atoms with Crippen LogP contribution in [0.5, 0.6) is 0 Å². The van der Waals surface area contributed by atoms with E-state index in [1.807, 2.05) is 13.8 Å². The molecule has 1 N–H and O–H groups in total. The van der Waals surface area contributed by atoms with E-state index in [1.165, 1.54) is 12.1 Å². The van der Waals surface area contributed by atoms with Crippen LogP contribution in [-0.4, -0.2) is 32.0 Å². The summed E-state index contributed by atoms with van der Waals surface area (Å²) in [6.45, 7) is 4.74. The van der Waals surface area contributed by atoms with Crippen molar-refractivity contribution in [2.75, 3.05) is 19.8 Å². The third-order valence-electron chi connectivity index (χ3n) is 2.31. The number of amides is 1. The molecule has 0 saturated heterocycles. The number of carbonyl (C=O) groups excluding carboxylic acids is 1. The molecule has 0 saturated carbocycles. The second-order valence-corrected chi connectivity index (χ2v) is 4.11. The van der Waals surface area contributed by atoms with Gasteiger partial charge in [0.05, 0.1) is 12.1 Å². The Bertz CT molecular complexity index is 422. The Labute approximate surface area is 116 Å². The fourth-order valence-corrected chi connectivity index (χ4v) is 1.64. The monoisotopic (exact) mass is 289 g/mol. The van der Waals surface area contributed by atoms with Gasteiger partial charge < -0.3 is 14.8 Å². The van der Waals surface area contributed by atoms with Crippen LogP contribution in [0.4, 0.5) is 4.39 Å². The van der Waals surface area contributed by atoms with Crippen LogP contribution in [0.25, 0.3) is 0 Å². The first-order valence-electron chi connectivity index (χ1n) is 6.04. The van der Waals surface area contributed by atoms with Gasteiger partial charge in [-0.25, -0.2) is 4.39 Å². The fraction of sp³-hybridized carbons (Fsp3) is 0.462. The maximum absolute atomic E-state index is 13.5. The zero-order chi connectivity index (χ0) is 14.3. The van der Waals surface area contributed by atoms with E-state index in [0.717, 1.165) is 6.07 Å². The summed E-state index contributed by atoms with van der Waals surface area (Å²) in [6, 6.07) is 3.89. The molecule has 0 atom stereocenters. The average Bonchev–Trinajstić information content (AvgIpc) is 2.36. The second-order valence-electron chi connectivity index (χ2n) is 3.67. The second kappa shape index (κ2) is 8.09. The van der Waals surface area contributed by atoms with Crippen LogP contribution < -0.4 is 5.32 Å². The number of rotatable bonds is 7. The molecule has 4 nitrogen and oxygen atoms in total. The van der Waals surface area contributed by atoms with Gasteiger partial charge in [0, 0.05) is 18.2 Å². The number of hydrogen-bond donors (Lipinski definition) is 1. The summed E-state index contributed by atoms with van der Waals surface area (Å²) in [5, 5.41) is 2.80. The Morgan fingerprint density at radius 3 is 2.53 bits per heavy atom. The smallest absolute Gasteiger partial charge is 0.254 e. The Kier molecular flexibility index (Phi) is 6.77. The quantitative estimate of drug-likeness (QED) is 0.785. The molecular formula is C13H17ClFNO3. The van der Waals surface area contributed by atoms with Crippen molar-refractivity contribution in [3.05, 3.63) is 34.6 Å². The van der Waals surface area contributed by atoms with E-state index < -0.39 is 18.0 Å². The van der Waals surface area contributed by atoms with Crippen LogP contribution in [0.3, 0.4) is 0 Å². The largest absolute Gasteiger partial charge is 0.351 e. The lowest BCUT2D eigenvalue weighted by atomic mass is 10.2. The fourth-order valence-electron chi connectivity index (χ4n) is 1.48. The predicted molar refractivity (Wildman–Crippen MR) is 70.8 cm³/mol. The highest BCUT2D eigenvalue weighted by molar-refractivity contribution is 6.30. The first-order chi connectivity index (χ1) is 9.08. The van der Waals surface area contributed by atoms with Gasteiger partial charge in [-0.05, 0) is 32.0 Å². The van der Waals surface area contributed by atoms with Crippen molar-refractivity contribution >= 4 is 17.5 Å². The van der Waals surface area contributed by atoms with Crippen molar-refractivity contribution in [3.8, 4) is 0 Å². The first kappa shape index (κ1) is 15.9. The van der Waals surface area contributed by atoms with Crippen molar-refractivity contribution in [1.82, 2.24) is 5.32 Å². The molecule has 0 aliphatic carbocycles. The molecule has 106 valence electrons. The Morgan fingerprint density at radius 2 is 2.00 bits per heavy atom. The molecule has 6 heteroatoms. The molecule has 1 aromatic carbocycles. The molecule has 1 rings (SSSR count). The lowest BCUT2D eigenvalue weighted by Gasteiger charge is -2.17. The van der Waals surface area contributed by atoms with Crippen LogP contribution in [0.15, 0.2) is 18.2 Å². The van der Waals surface area contributed by atoms with Crippen molar-refractivity contribution in [2.45, 2.75) is 20.1 Å². The van der Waals surface area contributed by atoms with E-state index in [0.29, 0.717) is 13.2 Å². The summed E-state index contributed by atoms with van der Waals surface area (Å²) >= 11 is 5.62. The summed E-state index contributed by atoms with van der Waals surface area (Å²) in [6.07, 6.45) is -0.533. The zero-order valence-electron chi connectivity index (χ0n) is 10.9. The number of ether oxygens (including phenoxy) is 2. The SMILES string of the molecule is CCOC(CNC(=O)c1ccc(Cl)cc1F)OCC. The molecule has 0 fully saturated rings. The third kappa shape index (κ3) is 5.14. The number of hydrogen-bond acceptors (Lipinski definition) is 3. The molecule has 1 amide bonds. The molecule has 0 aliphatic rings. The van der Waals surface area contributed by atoms with Gasteiger partial charge in [-0.2, -0.15) is 0 Å². The van der Waals surface area contributed by atoms with E-state index in [4.69, 9.17) is 21.1 Å². The standard InChI is InChI=1S/C13H17ClFNO3/c1-3-18-12(19-4-2)8-16-13(17)10-6-5-9(14)7-11(10)15/h5-7,12H,3-4,8H2,1-2H3,(H,16,17). The lowest BCUT2D eigenvalue weighted by Crippen LogP contribution is -2.35. The van der Waals surface area contributed by atoms with Crippen LogP contribution in [-0.2, 0) is 9.47 Å². The minimum atomic E-state index is -0.658. The maximum atomic E-state index is 13.5. The Morgan fingerprint density at radius 1 is 1.37 bits per heavy atom. The van der Waals surface area contributed by atoms with Crippen LogP contribution in [0, 0.1) is 5.82 Å². The number of halogens is 2.